The standard InChI is InChI=1S/C34H41ClFN5O5/c1-19(2)11-28(40-34(46)41-17-21-7-8-22(12-21)18-41)31(42)38-29(15-23-16-37-27-6-4-3-5-24(23)27)32(43)39-30(33(44)45)14-20-9-10-26(36)25(35)13-20/h3-6,9-10,13,16,19,21-22,28-30,37H,7-8,11-12,14-15,17-18H2,1-2H3,(H,38,42)(H,39,43)(H,40,46)(H,44,45)/t21-,22+,28-,29+,30-/m0/s1. The molecule has 1 saturated heterocycles. The fraction of sp³-hybridized carbons (Fsp3) is 0.471. The first kappa shape index (κ1) is 33.2. The molecule has 10 nitrogen and oxygen atoms in total. The van der Waals surface area contributed by atoms with Crippen LogP contribution in [0.25, 0.3) is 10.9 Å². The van der Waals surface area contributed by atoms with Crippen LogP contribution >= 0.6 is 11.6 Å². The summed E-state index contributed by atoms with van der Waals surface area (Å²) in [4.78, 5) is 58.1. The van der Waals surface area contributed by atoms with E-state index in [4.69, 9.17) is 11.6 Å². The lowest BCUT2D eigenvalue weighted by Crippen LogP contribution is -2.58. The lowest BCUT2D eigenvalue weighted by molar-refractivity contribution is -0.142. The molecule has 1 saturated carbocycles. The van der Waals surface area contributed by atoms with Crippen LogP contribution in [0.5, 0.6) is 0 Å². The van der Waals surface area contributed by atoms with Crippen molar-refractivity contribution in [1.82, 2.24) is 25.8 Å². The highest BCUT2D eigenvalue weighted by Crippen LogP contribution is 2.36. The number of rotatable bonds is 12. The molecule has 5 rings (SSSR count). The summed E-state index contributed by atoms with van der Waals surface area (Å²) in [5.74, 6) is -2.14. The van der Waals surface area contributed by atoms with Gasteiger partial charge in [-0.3, -0.25) is 9.59 Å². The number of halogens is 2. The van der Waals surface area contributed by atoms with E-state index in [2.05, 4.69) is 20.9 Å². The van der Waals surface area contributed by atoms with E-state index >= 15 is 0 Å². The molecular formula is C34H41ClFN5O5. The van der Waals surface area contributed by atoms with Gasteiger partial charge in [-0.15, -0.1) is 0 Å². The zero-order valence-electron chi connectivity index (χ0n) is 26.0. The number of aromatic amines is 1. The highest BCUT2D eigenvalue weighted by atomic mass is 35.5. The molecule has 46 heavy (non-hydrogen) atoms. The molecule has 2 fully saturated rings. The number of piperidine rings is 1. The van der Waals surface area contributed by atoms with Crippen LogP contribution in [0.15, 0.2) is 48.7 Å². The highest BCUT2D eigenvalue weighted by Gasteiger charge is 2.37. The number of urea groups is 1. The van der Waals surface area contributed by atoms with Crippen LogP contribution in [-0.2, 0) is 27.2 Å². The van der Waals surface area contributed by atoms with Gasteiger partial charge in [-0.2, -0.15) is 0 Å². The number of carboxylic acid groups (broad SMARTS) is 1. The Morgan fingerprint density at radius 2 is 1.63 bits per heavy atom. The first-order chi connectivity index (χ1) is 22.0. The molecule has 12 heteroatoms. The third-order valence-electron chi connectivity index (χ3n) is 8.99. The van der Waals surface area contributed by atoms with Crippen molar-refractivity contribution in [3.8, 4) is 0 Å². The summed E-state index contributed by atoms with van der Waals surface area (Å²) in [6.07, 6.45) is 5.37. The Kier molecular flexibility index (Phi) is 10.5. The van der Waals surface area contributed by atoms with Crippen LogP contribution in [0.1, 0.15) is 50.7 Å². The fourth-order valence-electron chi connectivity index (χ4n) is 6.69. The van der Waals surface area contributed by atoms with Gasteiger partial charge in [-0.25, -0.2) is 14.0 Å². The minimum atomic E-state index is -1.38. The van der Waals surface area contributed by atoms with Crippen molar-refractivity contribution in [2.45, 2.75) is 70.5 Å². The van der Waals surface area contributed by atoms with Crippen molar-refractivity contribution in [2.24, 2.45) is 17.8 Å². The number of H-pyrrole nitrogens is 1. The van der Waals surface area contributed by atoms with Crippen LogP contribution < -0.4 is 16.0 Å². The van der Waals surface area contributed by atoms with Crippen LogP contribution in [-0.4, -0.2) is 70.0 Å². The number of amides is 4. The normalized spacial score (nSPS) is 19.5. The number of carbonyl (C=O) groups is 4. The second kappa shape index (κ2) is 14.5. The molecule has 5 N–H and O–H groups in total. The number of benzene rings is 2. The summed E-state index contributed by atoms with van der Waals surface area (Å²) in [7, 11) is 0. The second-order valence-corrected chi connectivity index (χ2v) is 13.5. The minimum Gasteiger partial charge on any atom is -0.480 e. The summed E-state index contributed by atoms with van der Waals surface area (Å²) in [5, 5.41) is 19.0. The van der Waals surface area contributed by atoms with Gasteiger partial charge in [0, 0.05) is 43.0 Å². The molecule has 0 spiro atoms. The molecule has 2 aromatic carbocycles. The number of para-hydroxylation sites is 1. The summed E-state index contributed by atoms with van der Waals surface area (Å²) in [6, 6.07) is 7.64. The molecule has 0 radical (unpaired) electrons. The maximum atomic E-state index is 13.8. The van der Waals surface area contributed by atoms with Crippen molar-refractivity contribution in [1.29, 1.82) is 0 Å². The molecular weight excluding hydrogens is 613 g/mol. The van der Waals surface area contributed by atoms with E-state index in [1.807, 2.05) is 38.1 Å². The Hall–Kier alpha value is -4.12. The highest BCUT2D eigenvalue weighted by molar-refractivity contribution is 6.30. The molecule has 0 unspecified atom stereocenters. The van der Waals surface area contributed by atoms with Gasteiger partial charge in [-0.1, -0.05) is 49.7 Å². The Morgan fingerprint density at radius 3 is 2.30 bits per heavy atom. The fourth-order valence-corrected chi connectivity index (χ4v) is 6.90. The second-order valence-electron chi connectivity index (χ2n) is 13.1. The molecule has 1 aliphatic heterocycles. The smallest absolute Gasteiger partial charge is 0.326 e. The van der Waals surface area contributed by atoms with E-state index in [1.54, 1.807) is 11.1 Å². The topological polar surface area (TPSA) is 144 Å². The quantitative estimate of drug-likeness (QED) is 0.193. The number of carbonyl (C=O) groups excluding carboxylic acids is 3. The maximum Gasteiger partial charge on any atom is 0.326 e. The van der Waals surface area contributed by atoms with Crippen molar-refractivity contribution in [3.63, 3.8) is 0 Å². The Bertz CT molecular complexity index is 1580. The first-order valence-corrected chi connectivity index (χ1v) is 16.2. The Labute approximate surface area is 272 Å². The molecule has 2 aliphatic rings. The van der Waals surface area contributed by atoms with Crippen molar-refractivity contribution in [3.05, 3.63) is 70.6 Å². The van der Waals surface area contributed by atoms with E-state index in [9.17, 15) is 28.7 Å². The van der Waals surface area contributed by atoms with E-state index < -0.39 is 41.7 Å². The third kappa shape index (κ3) is 8.17. The van der Waals surface area contributed by atoms with E-state index in [-0.39, 0.29) is 29.8 Å². The van der Waals surface area contributed by atoms with Crippen molar-refractivity contribution < 1.29 is 28.7 Å². The van der Waals surface area contributed by atoms with Gasteiger partial charge >= 0.3 is 12.0 Å². The van der Waals surface area contributed by atoms with Crippen LogP contribution in [0, 0.1) is 23.6 Å². The predicted octanol–water partition coefficient (Wildman–Crippen LogP) is 4.66. The summed E-state index contributed by atoms with van der Waals surface area (Å²) >= 11 is 5.89. The number of likely N-dealkylation sites (tertiary alicyclic amines) is 1. The molecule has 2 bridgehead atoms. The number of fused-ring (bicyclic) bond motifs is 3. The van der Waals surface area contributed by atoms with Gasteiger partial charge in [0.1, 0.15) is 23.9 Å². The van der Waals surface area contributed by atoms with Crippen molar-refractivity contribution in [2.75, 3.05) is 13.1 Å². The van der Waals surface area contributed by atoms with Gasteiger partial charge in [0.25, 0.3) is 0 Å². The molecule has 4 amide bonds. The zero-order valence-corrected chi connectivity index (χ0v) is 26.8. The maximum absolute atomic E-state index is 13.8. The number of hydrogen-bond donors (Lipinski definition) is 5. The number of carboxylic acids is 1. The van der Waals surface area contributed by atoms with Gasteiger partial charge in [0.15, 0.2) is 0 Å². The monoisotopic (exact) mass is 653 g/mol. The lowest BCUT2D eigenvalue weighted by Gasteiger charge is -2.33. The summed E-state index contributed by atoms with van der Waals surface area (Å²) in [5.41, 5.74) is 2.02. The largest absolute Gasteiger partial charge is 0.480 e. The SMILES string of the molecule is CC(C)C[C@H](NC(=O)N1C[C@@H]2CC[C@@H](C2)C1)C(=O)N[C@H](Cc1c[nH]c2ccccc12)C(=O)N[C@@H](Cc1ccc(F)c(Cl)c1)C(=O)O. The number of hydrogen-bond acceptors (Lipinski definition) is 4. The van der Waals surface area contributed by atoms with Gasteiger partial charge in [0.2, 0.25) is 11.8 Å². The molecule has 246 valence electrons. The molecule has 5 atom stereocenters. The van der Waals surface area contributed by atoms with Crippen molar-refractivity contribution >= 4 is 46.3 Å². The van der Waals surface area contributed by atoms with Crippen LogP contribution in [0.3, 0.4) is 0 Å². The summed E-state index contributed by atoms with van der Waals surface area (Å²) < 4.78 is 13.7. The molecule has 1 aromatic heterocycles. The minimum absolute atomic E-state index is 0.0633. The lowest BCUT2D eigenvalue weighted by atomic mass is 9.99. The summed E-state index contributed by atoms with van der Waals surface area (Å²) in [6.45, 7) is 5.23. The molecule has 2 heterocycles. The average molecular weight is 654 g/mol. The van der Waals surface area contributed by atoms with E-state index in [0.717, 1.165) is 41.8 Å². The first-order valence-electron chi connectivity index (χ1n) is 15.8. The van der Waals surface area contributed by atoms with E-state index in [0.29, 0.717) is 36.9 Å². The number of aliphatic carboxylic acids is 1. The molecule has 3 aromatic rings. The number of nitrogens with zero attached hydrogens (tertiary/aromatic N) is 1. The average Bonchev–Trinajstić information content (AvgIpc) is 3.58. The predicted molar refractivity (Wildman–Crippen MR) is 173 cm³/mol. The molecule has 1 aliphatic carbocycles. The van der Waals surface area contributed by atoms with E-state index in [1.165, 1.54) is 12.1 Å². The van der Waals surface area contributed by atoms with Gasteiger partial charge < -0.3 is 30.9 Å². The van der Waals surface area contributed by atoms with Crippen LogP contribution in [0.2, 0.25) is 5.02 Å². The Balaban J connectivity index is 1.35. The van der Waals surface area contributed by atoms with Crippen LogP contribution in [0.4, 0.5) is 9.18 Å². The van der Waals surface area contributed by atoms with Gasteiger partial charge in [-0.05, 0) is 72.8 Å². The third-order valence-corrected chi connectivity index (χ3v) is 9.28. The Morgan fingerprint density at radius 1 is 0.957 bits per heavy atom. The zero-order chi connectivity index (χ0) is 33.0. The number of nitrogens with one attached hydrogen (secondary N) is 4. The number of aromatic nitrogens is 1. The van der Waals surface area contributed by atoms with Gasteiger partial charge in [0.05, 0.1) is 5.02 Å².